The van der Waals surface area contributed by atoms with Crippen LogP contribution in [0, 0.1) is 5.41 Å². The number of amidine groups is 1. The van der Waals surface area contributed by atoms with Gasteiger partial charge in [0.05, 0.1) is 5.52 Å². The van der Waals surface area contributed by atoms with Crippen molar-refractivity contribution < 1.29 is 0 Å². The standard InChI is InChI=1S/C12H13N3S/c1-2-16-11-8-5-3-4-6-10(8)15-7-9(11)12(13)14/h3-7H,2H2,1H3,(H3,13,14). The lowest BCUT2D eigenvalue weighted by molar-refractivity contribution is 1.29. The van der Waals surface area contributed by atoms with Gasteiger partial charge in [-0.15, -0.1) is 11.8 Å². The van der Waals surface area contributed by atoms with Crippen molar-refractivity contribution in [3.05, 3.63) is 36.0 Å². The first-order valence-corrected chi connectivity index (χ1v) is 6.07. The van der Waals surface area contributed by atoms with Crippen molar-refractivity contribution in [3.8, 4) is 0 Å². The molecule has 2 rings (SSSR count). The highest BCUT2D eigenvalue weighted by molar-refractivity contribution is 7.99. The number of benzene rings is 1. The summed E-state index contributed by atoms with van der Waals surface area (Å²) in [6.07, 6.45) is 1.68. The topological polar surface area (TPSA) is 62.8 Å². The van der Waals surface area contributed by atoms with Gasteiger partial charge in [0.25, 0.3) is 0 Å². The zero-order valence-corrected chi connectivity index (χ0v) is 9.84. The maximum absolute atomic E-state index is 7.55. The number of nitrogen functional groups attached to an aromatic ring is 1. The van der Waals surface area contributed by atoms with Gasteiger partial charge in [-0.25, -0.2) is 0 Å². The largest absolute Gasteiger partial charge is 0.384 e. The fourth-order valence-corrected chi connectivity index (χ4v) is 2.54. The fourth-order valence-electron chi connectivity index (χ4n) is 1.61. The van der Waals surface area contributed by atoms with E-state index >= 15 is 0 Å². The van der Waals surface area contributed by atoms with E-state index in [1.807, 2.05) is 24.3 Å². The Hall–Kier alpha value is -1.55. The van der Waals surface area contributed by atoms with Crippen LogP contribution < -0.4 is 5.73 Å². The number of hydrogen-bond donors (Lipinski definition) is 2. The molecule has 0 saturated carbocycles. The molecule has 3 N–H and O–H groups in total. The number of para-hydroxylation sites is 1. The Bertz CT molecular complexity index is 537. The summed E-state index contributed by atoms with van der Waals surface area (Å²) >= 11 is 1.70. The van der Waals surface area contributed by atoms with E-state index in [1.54, 1.807) is 18.0 Å². The Labute approximate surface area is 98.6 Å². The SMILES string of the molecule is CCSc1c(C(=N)N)cnc2ccccc12. The van der Waals surface area contributed by atoms with Crippen LogP contribution in [0.3, 0.4) is 0 Å². The molecule has 0 aliphatic heterocycles. The van der Waals surface area contributed by atoms with Gasteiger partial charge in [0.2, 0.25) is 0 Å². The highest BCUT2D eigenvalue weighted by atomic mass is 32.2. The zero-order chi connectivity index (χ0) is 11.5. The first kappa shape index (κ1) is 11.0. The molecule has 4 heteroatoms. The Morgan fingerprint density at radius 1 is 1.44 bits per heavy atom. The Kier molecular flexibility index (Phi) is 3.10. The average Bonchev–Trinajstić information content (AvgIpc) is 2.29. The summed E-state index contributed by atoms with van der Waals surface area (Å²) in [5.74, 6) is 1.03. The number of nitrogens with two attached hydrogens (primary N) is 1. The van der Waals surface area contributed by atoms with E-state index in [4.69, 9.17) is 11.1 Å². The summed E-state index contributed by atoms with van der Waals surface area (Å²) in [4.78, 5) is 5.37. The van der Waals surface area contributed by atoms with Crippen LogP contribution in [0.25, 0.3) is 10.9 Å². The molecular weight excluding hydrogens is 218 g/mol. The molecule has 0 unspecified atom stereocenters. The minimum atomic E-state index is 0.0780. The molecular formula is C12H13N3S. The van der Waals surface area contributed by atoms with Gasteiger partial charge < -0.3 is 5.73 Å². The Morgan fingerprint density at radius 2 is 2.19 bits per heavy atom. The van der Waals surface area contributed by atoms with Crippen molar-refractivity contribution in [2.75, 3.05) is 5.75 Å². The molecule has 0 bridgehead atoms. The van der Waals surface area contributed by atoms with Crippen molar-refractivity contribution >= 4 is 28.5 Å². The molecule has 2 aromatic rings. The van der Waals surface area contributed by atoms with Crippen LogP contribution >= 0.6 is 11.8 Å². The number of rotatable bonds is 3. The van der Waals surface area contributed by atoms with Crippen molar-refractivity contribution in [3.63, 3.8) is 0 Å². The van der Waals surface area contributed by atoms with Gasteiger partial charge in [0.15, 0.2) is 0 Å². The van der Waals surface area contributed by atoms with E-state index in [0.29, 0.717) is 0 Å². The summed E-state index contributed by atoms with van der Waals surface area (Å²) < 4.78 is 0. The maximum Gasteiger partial charge on any atom is 0.125 e. The second kappa shape index (κ2) is 4.53. The van der Waals surface area contributed by atoms with E-state index in [9.17, 15) is 0 Å². The monoisotopic (exact) mass is 231 g/mol. The molecule has 0 aliphatic carbocycles. The van der Waals surface area contributed by atoms with Crippen LogP contribution in [-0.4, -0.2) is 16.6 Å². The predicted molar refractivity (Wildman–Crippen MR) is 69.2 cm³/mol. The molecule has 0 spiro atoms. The lowest BCUT2D eigenvalue weighted by atomic mass is 10.1. The van der Waals surface area contributed by atoms with E-state index in [-0.39, 0.29) is 5.84 Å². The number of nitrogens with one attached hydrogen (secondary N) is 1. The second-order valence-corrected chi connectivity index (χ2v) is 4.64. The van der Waals surface area contributed by atoms with E-state index in [2.05, 4.69) is 11.9 Å². The summed E-state index contributed by atoms with van der Waals surface area (Å²) in [6, 6.07) is 7.93. The van der Waals surface area contributed by atoms with Gasteiger partial charge in [0, 0.05) is 22.0 Å². The van der Waals surface area contributed by atoms with Gasteiger partial charge >= 0.3 is 0 Å². The maximum atomic E-state index is 7.55. The lowest BCUT2D eigenvalue weighted by Crippen LogP contribution is -2.13. The minimum absolute atomic E-state index is 0.0780. The molecule has 0 amide bonds. The van der Waals surface area contributed by atoms with Crippen molar-refractivity contribution in [2.24, 2.45) is 5.73 Å². The van der Waals surface area contributed by atoms with Gasteiger partial charge in [-0.2, -0.15) is 0 Å². The molecule has 0 saturated heterocycles. The zero-order valence-electron chi connectivity index (χ0n) is 9.03. The van der Waals surface area contributed by atoms with Crippen LogP contribution in [0.4, 0.5) is 0 Å². The first-order chi connectivity index (χ1) is 7.74. The third-order valence-corrected chi connectivity index (χ3v) is 3.32. The molecule has 0 aliphatic rings. The van der Waals surface area contributed by atoms with Crippen molar-refractivity contribution in [1.82, 2.24) is 4.98 Å². The summed E-state index contributed by atoms with van der Waals surface area (Å²) in [5.41, 5.74) is 7.24. The van der Waals surface area contributed by atoms with Crippen LogP contribution in [0.1, 0.15) is 12.5 Å². The van der Waals surface area contributed by atoms with E-state index in [0.717, 1.165) is 27.1 Å². The van der Waals surface area contributed by atoms with Gasteiger partial charge in [0.1, 0.15) is 5.84 Å². The third-order valence-electron chi connectivity index (χ3n) is 2.30. The average molecular weight is 231 g/mol. The molecule has 0 fully saturated rings. The summed E-state index contributed by atoms with van der Waals surface area (Å²) in [7, 11) is 0. The quantitative estimate of drug-likeness (QED) is 0.485. The van der Waals surface area contributed by atoms with Gasteiger partial charge in [-0.3, -0.25) is 10.4 Å². The Morgan fingerprint density at radius 3 is 2.88 bits per heavy atom. The number of aromatic nitrogens is 1. The first-order valence-electron chi connectivity index (χ1n) is 5.09. The van der Waals surface area contributed by atoms with Crippen LogP contribution in [0.5, 0.6) is 0 Å². The van der Waals surface area contributed by atoms with Crippen LogP contribution in [0.2, 0.25) is 0 Å². The molecule has 82 valence electrons. The number of thioether (sulfide) groups is 1. The number of fused-ring (bicyclic) bond motifs is 1. The third kappa shape index (κ3) is 1.88. The molecule has 0 radical (unpaired) electrons. The molecule has 16 heavy (non-hydrogen) atoms. The normalized spacial score (nSPS) is 10.6. The van der Waals surface area contributed by atoms with Crippen LogP contribution in [-0.2, 0) is 0 Å². The van der Waals surface area contributed by atoms with E-state index < -0.39 is 0 Å². The van der Waals surface area contributed by atoms with Crippen molar-refractivity contribution in [1.29, 1.82) is 5.41 Å². The number of nitrogens with zero attached hydrogens (tertiary/aromatic N) is 1. The summed E-state index contributed by atoms with van der Waals surface area (Å²) in [5, 5.41) is 8.63. The number of hydrogen-bond acceptors (Lipinski definition) is 3. The van der Waals surface area contributed by atoms with Gasteiger partial charge in [-0.05, 0) is 11.8 Å². The minimum Gasteiger partial charge on any atom is -0.384 e. The van der Waals surface area contributed by atoms with Crippen LogP contribution in [0.15, 0.2) is 35.4 Å². The van der Waals surface area contributed by atoms with E-state index in [1.165, 1.54) is 0 Å². The Balaban J connectivity index is 2.73. The highest BCUT2D eigenvalue weighted by Gasteiger charge is 2.10. The molecule has 1 aromatic heterocycles. The molecule has 1 aromatic carbocycles. The molecule has 1 heterocycles. The van der Waals surface area contributed by atoms with Crippen molar-refractivity contribution in [2.45, 2.75) is 11.8 Å². The van der Waals surface area contributed by atoms with Gasteiger partial charge in [-0.1, -0.05) is 25.1 Å². The smallest absolute Gasteiger partial charge is 0.125 e. The molecule has 0 atom stereocenters. The fraction of sp³-hybridized carbons (Fsp3) is 0.167. The summed E-state index contributed by atoms with van der Waals surface area (Å²) in [6.45, 7) is 2.09. The lowest BCUT2D eigenvalue weighted by Gasteiger charge is -2.09. The number of pyridine rings is 1. The second-order valence-electron chi connectivity index (χ2n) is 3.36. The molecule has 3 nitrogen and oxygen atoms in total. The highest BCUT2D eigenvalue weighted by Crippen LogP contribution is 2.29. The predicted octanol–water partition coefficient (Wildman–Crippen LogP) is 2.63.